The van der Waals surface area contributed by atoms with Crippen LogP contribution in [-0.4, -0.2) is 24.9 Å². The molecule has 0 bridgehead atoms. The Balaban J connectivity index is 0.960. The number of amides is 2. The van der Waals surface area contributed by atoms with Crippen LogP contribution >= 0.6 is 68.0 Å². The van der Waals surface area contributed by atoms with E-state index in [9.17, 15) is 14.9 Å². The Hall–Kier alpha value is -6.22. The summed E-state index contributed by atoms with van der Waals surface area (Å²) in [6.07, 6.45) is 5.46. The van der Waals surface area contributed by atoms with E-state index < -0.39 is 0 Å². The van der Waals surface area contributed by atoms with Gasteiger partial charge in [-0.15, -0.1) is 56.7 Å². The molecule has 8 aromatic rings. The van der Waals surface area contributed by atoms with Crippen molar-refractivity contribution < 1.29 is 9.59 Å². The quantitative estimate of drug-likeness (QED) is 0.0696. The lowest BCUT2D eigenvalue weighted by molar-refractivity contribution is -0.114. The second-order valence-electron chi connectivity index (χ2n) is 15.1. The number of nitrogens with zero attached hydrogens (tertiary/aromatic N) is 4. The lowest BCUT2D eigenvalue weighted by atomic mass is 9.95. The largest absolute Gasteiger partial charge is 0.308 e. The smallest absolute Gasteiger partial charge is 0.259 e. The third-order valence-electron chi connectivity index (χ3n) is 11.1. The van der Waals surface area contributed by atoms with E-state index in [0.717, 1.165) is 95.2 Å². The molecule has 0 radical (unpaired) electrons. The highest BCUT2D eigenvalue weighted by Gasteiger charge is 2.42. The molecule has 0 saturated carbocycles. The number of hydrogen-bond donors (Lipinski definition) is 0. The standard InChI is InChI=1S/C52H36N4O2S6/c1-4-22-55-39-27-31(42-18-20-47(63-42)45-16-12-34(61-45)26-33(30-53)41-8-6-24-59-41)10-14-36(39)49(51(55)57)50-37-15-11-32(28-40(37)56(23-5-2)52(50)58)43-19-21-48(64-43)46-17-13-35(62-46)29-38(54-3)44-9-7-25-60-44/h6-21,24-29H,4-5,22-23H2,1-2H3/b33-26+,38-29-,50-49+. The molecule has 2 aromatic carbocycles. The summed E-state index contributed by atoms with van der Waals surface area (Å²) in [7, 11) is 0. The van der Waals surface area contributed by atoms with Crippen molar-refractivity contribution in [3.63, 3.8) is 0 Å². The predicted octanol–water partition coefficient (Wildman–Crippen LogP) is 15.6. The Morgan fingerprint density at radius 1 is 0.609 bits per heavy atom. The number of hydrogen-bond acceptors (Lipinski definition) is 9. The van der Waals surface area contributed by atoms with Crippen LogP contribution in [0.15, 0.2) is 120 Å². The fourth-order valence-electron chi connectivity index (χ4n) is 8.16. The van der Waals surface area contributed by atoms with Gasteiger partial charge in [-0.3, -0.25) is 9.59 Å². The summed E-state index contributed by atoms with van der Waals surface area (Å²) in [5.74, 6) is -0.272. The maximum Gasteiger partial charge on any atom is 0.259 e. The van der Waals surface area contributed by atoms with Crippen LogP contribution in [-0.2, 0) is 9.59 Å². The third-order valence-corrected chi connectivity index (χ3v) is 17.6. The monoisotopic (exact) mass is 940 g/mol. The van der Waals surface area contributed by atoms with E-state index in [0.29, 0.717) is 35.5 Å². The molecule has 10 rings (SSSR count). The molecule has 6 aromatic heterocycles. The van der Waals surface area contributed by atoms with Gasteiger partial charge in [-0.1, -0.05) is 56.3 Å². The number of nitriles is 1. The molecule has 0 atom stereocenters. The first kappa shape index (κ1) is 41.8. The first-order chi connectivity index (χ1) is 31.3. The van der Waals surface area contributed by atoms with Crippen molar-refractivity contribution in [3.8, 4) is 46.5 Å². The molecule has 0 aliphatic carbocycles. The molecule has 64 heavy (non-hydrogen) atoms. The van der Waals surface area contributed by atoms with E-state index >= 15 is 0 Å². The topological polar surface area (TPSA) is 68.8 Å². The van der Waals surface area contributed by atoms with Crippen LogP contribution < -0.4 is 9.80 Å². The van der Waals surface area contributed by atoms with Crippen molar-refractivity contribution in [2.75, 3.05) is 22.9 Å². The van der Waals surface area contributed by atoms with Crippen molar-refractivity contribution in [3.05, 3.63) is 162 Å². The zero-order valence-electron chi connectivity index (χ0n) is 34.6. The molecule has 0 unspecified atom stereocenters. The van der Waals surface area contributed by atoms with Crippen molar-refractivity contribution >= 4 is 126 Å². The molecule has 0 saturated heterocycles. The third kappa shape index (κ3) is 7.66. The van der Waals surface area contributed by atoms with Gasteiger partial charge >= 0.3 is 0 Å². The van der Waals surface area contributed by atoms with E-state index in [4.69, 9.17) is 6.57 Å². The minimum atomic E-state index is -0.136. The Kier molecular flexibility index (Phi) is 11.6. The molecular weight excluding hydrogens is 905 g/mol. The second-order valence-corrected chi connectivity index (χ2v) is 21.4. The Labute approximate surface area is 395 Å². The van der Waals surface area contributed by atoms with Gasteiger partial charge in [0.1, 0.15) is 6.07 Å². The Morgan fingerprint density at radius 3 is 1.55 bits per heavy atom. The minimum absolute atomic E-state index is 0.136. The predicted molar refractivity (Wildman–Crippen MR) is 275 cm³/mol. The molecule has 2 amide bonds. The van der Waals surface area contributed by atoms with E-state index in [1.165, 1.54) is 0 Å². The summed E-state index contributed by atoms with van der Waals surface area (Å²) in [6, 6.07) is 39.5. The average molecular weight is 941 g/mol. The fourth-order valence-corrected chi connectivity index (χ4v) is 13.6. The van der Waals surface area contributed by atoms with Crippen LogP contribution in [0, 0.1) is 17.9 Å². The highest BCUT2D eigenvalue weighted by Crippen LogP contribution is 2.50. The molecule has 0 N–H and O–H groups in total. The molecule has 2 aliphatic heterocycles. The van der Waals surface area contributed by atoms with Crippen molar-refractivity contribution in [1.29, 1.82) is 5.26 Å². The summed E-state index contributed by atoms with van der Waals surface area (Å²) in [5, 5.41) is 13.8. The van der Waals surface area contributed by atoms with E-state index in [2.05, 4.69) is 97.6 Å². The number of allylic oxidation sites excluding steroid dienone is 1. The van der Waals surface area contributed by atoms with Gasteiger partial charge in [0.05, 0.1) is 34.7 Å². The second kappa shape index (κ2) is 17.7. The molecule has 8 heterocycles. The molecular formula is C52H36N4O2S6. The average Bonchev–Trinajstić information content (AvgIpc) is 4.17. The zero-order valence-corrected chi connectivity index (χ0v) is 39.5. The van der Waals surface area contributed by atoms with Gasteiger partial charge in [0.15, 0.2) is 0 Å². The SMILES string of the molecule is [C-]#[N+]/C(=C\c1ccc(-c2ccc(-c3ccc4c(c3)N(CCC)C(=O)/C4=C3/C(=O)N(CCC)c4cc(-c5ccc(-c6ccc(/C=C(\C#N)c7cccs7)s6)s5)ccc43)s2)s1)c1cccs1. The fraction of sp³-hybridized carbons (Fsp3) is 0.115. The first-order valence-electron chi connectivity index (χ1n) is 20.7. The van der Waals surface area contributed by atoms with Crippen molar-refractivity contribution in [1.82, 2.24) is 0 Å². The highest BCUT2D eigenvalue weighted by atomic mass is 32.1. The maximum absolute atomic E-state index is 14.6. The number of thiophene rings is 6. The molecule has 0 fully saturated rings. The summed E-state index contributed by atoms with van der Waals surface area (Å²) in [4.78, 5) is 47.4. The first-order valence-corrected chi connectivity index (χ1v) is 25.7. The summed E-state index contributed by atoms with van der Waals surface area (Å²) in [5.41, 5.74) is 7.53. The number of carbonyl (C=O) groups excluding carboxylic acids is 2. The number of carbonyl (C=O) groups is 2. The number of anilines is 2. The molecule has 312 valence electrons. The van der Waals surface area contributed by atoms with E-state index in [-0.39, 0.29) is 11.8 Å². The molecule has 12 heteroatoms. The molecule has 6 nitrogen and oxygen atoms in total. The van der Waals surface area contributed by atoms with E-state index in [1.54, 1.807) is 68.0 Å². The summed E-state index contributed by atoms with van der Waals surface area (Å²) >= 11 is 9.87. The van der Waals surface area contributed by atoms with Gasteiger partial charge in [0.2, 0.25) is 5.70 Å². The van der Waals surface area contributed by atoms with Crippen LogP contribution in [0.25, 0.3) is 79.8 Å². The minimum Gasteiger partial charge on any atom is -0.308 e. The van der Waals surface area contributed by atoms with Crippen LogP contribution in [0.1, 0.15) is 57.3 Å². The molecule has 0 spiro atoms. The normalized spacial score (nSPS) is 14.9. The van der Waals surface area contributed by atoms with Gasteiger partial charge in [-0.05, 0) is 114 Å². The number of fused-ring (bicyclic) bond motifs is 2. The van der Waals surface area contributed by atoms with Gasteiger partial charge in [-0.25, -0.2) is 4.85 Å². The van der Waals surface area contributed by atoms with Crippen LogP contribution in [0.2, 0.25) is 0 Å². The van der Waals surface area contributed by atoms with Crippen LogP contribution in [0.4, 0.5) is 11.4 Å². The van der Waals surface area contributed by atoms with Crippen LogP contribution in [0.3, 0.4) is 0 Å². The highest BCUT2D eigenvalue weighted by molar-refractivity contribution is 7.25. The van der Waals surface area contributed by atoms with Gasteiger partial charge in [0, 0.05) is 73.0 Å². The lowest BCUT2D eigenvalue weighted by Crippen LogP contribution is -2.29. The van der Waals surface area contributed by atoms with Crippen LogP contribution in [0.5, 0.6) is 0 Å². The molecule has 2 aliphatic rings. The van der Waals surface area contributed by atoms with Crippen molar-refractivity contribution in [2.24, 2.45) is 0 Å². The number of benzene rings is 2. The van der Waals surface area contributed by atoms with Gasteiger partial charge in [0.25, 0.3) is 11.8 Å². The number of rotatable bonds is 12. The van der Waals surface area contributed by atoms with E-state index in [1.807, 2.05) is 69.1 Å². The Morgan fingerprint density at radius 2 is 1.08 bits per heavy atom. The van der Waals surface area contributed by atoms with Gasteiger partial charge < -0.3 is 9.80 Å². The lowest BCUT2D eigenvalue weighted by Gasteiger charge is -2.17. The Bertz CT molecular complexity index is 3060. The maximum atomic E-state index is 14.6. The zero-order chi connectivity index (χ0) is 43.9. The summed E-state index contributed by atoms with van der Waals surface area (Å²) < 4.78 is 0. The van der Waals surface area contributed by atoms with Gasteiger partial charge in [-0.2, -0.15) is 16.6 Å². The van der Waals surface area contributed by atoms with Crippen molar-refractivity contribution in [2.45, 2.75) is 26.7 Å². The summed E-state index contributed by atoms with van der Waals surface area (Å²) in [6.45, 7) is 12.9.